The molecule has 1 aromatic heterocycles. The highest BCUT2D eigenvalue weighted by atomic mass is 79.9. The van der Waals surface area contributed by atoms with Crippen molar-refractivity contribution in [2.24, 2.45) is 0 Å². The number of hydrogen-bond donors (Lipinski definition) is 1. The minimum atomic E-state index is -0.0374. The third kappa shape index (κ3) is 3.13. The molecule has 2 rings (SSSR count). The molecular weight excluding hydrogens is 286 g/mol. The molecule has 0 aliphatic rings. The van der Waals surface area contributed by atoms with Gasteiger partial charge < -0.3 is 9.73 Å². The summed E-state index contributed by atoms with van der Waals surface area (Å²) in [6.45, 7) is 0. The third-order valence-electron chi connectivity index (χ3n) is 2.07. The van der Waals surface area contributed by atoms with Gasteiger partial charge in [-0.15, -0.1) is 10.2 Å². The van der Waals surface area contributed by atoms with Crippen molar-refractivity contribution in [3.8, 4) is 11.5 Å². The second-order valence-electron chi connectivity index (χ2n) is 3.31. The Labute approximate surface area is 106 Å². The number of nitrogens with zero attached hydrogens (tertiary/aromatic N) is 2. The van der Waals surface area contributed by atoms with Crippen LogP contribution in [0.2, 0.25) is 0 Å². The smallest absolute Gasteiger partial charge is 0.247 e. The summed E-state index contributed by atoms with van der Waals surface area (Å²) in [6, 6.07) is 7.27. The third-order valence-corrected chi connectivity index (χ3v) is 2.47. The minimum Gasteiger partial charge on any atom is -0.423 e. The molecule has 17 heavy (non-hydrogen) atoms. The molecule has 88 valence electrons. The molecule has 1 heterocycles. The lowest BCUT2D eigenvalue weighted by Gasteiger charge is -2.04. The average Bonchev–Trinajstić information content (AvgIpc) is 2.83. The quantitative estimate of drug-likeness (QED) is 0.880. The van der Waals surface area contributed by atoms with Crippen molar-refractivity contribution < 1.29 is 9.21 Å². The summed E-state index contributed by atoms with van der Waals surface area (Å²) in [5.41, 5.74) is 1.49. The number of hydrogen-bond acceptors (Lipinski definition) is 4. The van der Waals surface area contributed by atoms with Gasteiger partial charge in [0.15, 0.2) is 0 Å². The zero-order valence-corrected chi connectivity index (χ0v) is 10.5. The molecule has 0 spiro atoms. The van der Waals surface area contributed by atoms with Crippen LogP contribution in [0.3, 0.4) is 0 Å². The van der Waals surface area contributed by atoms with Gasteiger partial charge in [-0.1, -0.05) is 22.0 Å². The molecule has 6 heteroatoms. The highest BCUT2D eigenvalue weighted by Gasteiger charge is 2.06. The number of halogens is 1. The van der Waals surface area contributed by atoms with E-state index in [9.17, 15) is 4.79 Å². The Bertz CT molecular complexity index is 499. The molecular formula is C11H10BrN3O2. The maximum absolute atomic E-state index is 11.4. The van der Waals surface area contributed by atoms with Crippen LogP contribution in [0.15, 0.2) is 35.1 Å². The Hall–Kier alpha value is -1.69. The van der Waals surface area contributed by atoms with E-state index >= 15 is 0 Å². The summed E-state index contributed by atoms with van der Waals surface area (Å²) in [7, 11) is 0. The number of benzene rings is 1. The van der Waals surface area contributed by atoms with E-state index in [1.165, 1.54) is 6.39 Å². The monoisotopic (exact) mass is 295 g/mol. The van der Waals surface area contributed by atoms with Crippen molar-refractivity contribution in [1.29, 1.82) is 0 Å². The second kappa shape index (κ2) is 5.58. The standard InChI is InChI=1S/C11H10BrN3O2/c12-5-4-10(16)14-9-3-1-2-8(6-9)11-15-13-7-17-11/h1-3,6-7H,4-5H2,(H,14,16). The average molecular weight is 296 g/mol. The maximum atomic E-state index is 11.4. The van der Waals surface area contributed by atoms with Crippen molar-refractivity contribution in [3.05, 3.63) is 30.7 Å². The first kappa shape index (κ1) is 11.8. The lowest BCUT2D eigenvalue weighted by atomic mass is 10.2. The maximum Gasteiger partial charge on any atom is 0.247 e. The van der Waals surface area contributed by atoms with Gasteiger partial charge in [0, 0.05) is 23.0 Å². The summed E-state index contributed by atoms with van der Waals surface area (Å²) in [6.07, 6.45) is 1.70. The van der Waals surface area contributed by atoms with Crippen LogP contribution in [0.5, 0.6) is 0 Å². The van der Waals surface area contributed by atoms with E-state index in [2.05, 4.69) is 31.4 Å². The molecule has 1 aromatic carbocycles. The van der Waals surface area contributed by atoms with Crippen molar-refractivity contribution in [1.82, 2.24) is 10.2 Å². The minimum absolute atomic E-state index is 0.0374. The summed E-state index contributed by atoms with van der Waals surface area (Å²) in [5.74, 6) is 0.395. The van der Waals surface area contributed by atoms with Gasteiger partial charge in [-0.3, -0.25) is 4.79 Å². The Morgan fingerprint density at radius 1 is 1.47 bits per heavy atom. The molecule has 0 aliphatic carbocycles. The molecule has 0 saturated carbocycles. The van der Waals surface area contributed by atoms with E-state index in [-0.39, 0.29) is 5.91 Å². The molecule has 0 saturated heterocycles. The van der Waals surface area contributed by atoms with Crippen molar-refractivity contribution in [3.63, 3.8) is 0 Å². The molecule has 0 bridgehead atoms. The Morgan fingerprint density at radius 2 is 2.35 bits per heavy atom. The second-order valence-corrected chi connectivity index (χ2v) is 4.10. The number of anilines is 1. The van der Waals surface area contributed by atoms with Crippen molar-refractivity contribution in [2.45, 2.75) is 6.42 Å². The van der Waals surface area contributed by atoms with Crippen LogP contribution in [0.25, 0.3) is 11.5 Å². The summed E-state index contributed by atoms with van der Waals surface area (Å²) in [4.78, 5) is 11.4. The fraction of sp³-hybridized carbons (Fsp3) is 0.182. The van der Waals surface area contributed by atoms with Crippen LogP contribution in [0.4, 0.5) is 5.69 Å². The molecule has 0 fully saturated rings. The van der Waals surface area contributed by atoms with E-state index < -0.39 is 0 Å². The Balaban J connectivity index is 2.15. The van der Waals surface area contributed by atoms with E-state index in [1.54, 1.807) is 6.07 Å². The molecule has 1 amide bonds. The molecule has 0 unspecified atom stereocenters. The van der Waals surface area contributed by atoms with Crippen molar-refractivity contribution in [2.75, 3.05) is 10.6 Å². The van der Waals surface area contributed by atoms with Gasteiger partial charge >= 0.3 is 0 Å². The molecule has 5 nitrogen and oxygen atoms in total. The van der Waals surface area contributed by atoms with E-state index in [0.29, 0.717) is 23.3 Å². The largest absolute Gasteiger partial charge is 0.423 e. The van der Waals surface area contributed by atoms with Gasteiger partial charge in [-0.25, -0.2) is 0 Å². The number of amides is 1. The van der Waals surface area contributed by atoms with Gasteiger partial charge in [0.25, 0.3) is 0 Å². The lowest BCUT2D eigenvalue weighted by molar-refractivity contribution is -0.115. The molecule has 1 N–H and O–H groups in total. The van der Waals surface area contributed by atoms with Crippen LogP contribution in [-0.4, -0.2) is 21.4 Å². The highest BCUT2D eigenvalue weighted by molar-refractivity contribution is 9.09. The number of carbonyl (C=O) groups excluding carboxylic acids is 1. The SMILES string of the molecule is O=C(CCBr)Nc1cccc(-c2nnco2)c1. The summed E-state index contributed by atoms with van der Waals surface area (Å²) in [5, 5.41) is 10.8. The molecule has 0 radical (unpaired) electrons. The predicted octanol–water partition coefficient (Wildman–Crippen LogP) is 2.46. The van der Waals surface area contributed by atoms with Crippen LogP contribution >= 0.6 is 15.9 Å². The first-order chi connectivity index (χ1) is 8.29. The number of nitrogens with one attached hydrogen (secondary N) is 1. The highest BCUT2D eigenvalue weighted by Crippen LogP contribution is 2.20. The van der Waals surface area contributed by atoms with E-state index in [4.69, 9.17) is 4.42 Å². The normalized spacial score (nSPS) is 10.2. The van der Waals surface area contributed by atoms with Gasteiger partial charge in [0.05, 0.1) is 0 Å². The number of aromatic nitrogens is 2. The van der Waals surface area contributed by atoms with E-state index in [1.807, 2.05) is 18.2 Å². The lowest BCUT2D eigenvalue weighted by Crippen LogP contribution is -2.11. The fourth-order valence-corrected chi connectivity index (χ4v) is 1.70. The van der Waals surface area contributed by atoms with Crippen molar-refractivity contribution >= 4 is 27.5 Å². The van der Waals surface area contributed by atoms with Crippen LogP contribution < -0.4 is 5.32 Å². The summed E-state index contributed by atoms with van der Waals surface area (Å²) >= 11 is 3.22. The summed E-state index contributed by atoms with van der Waals surface area (Å²) < 4.78 is 5.08. The zero-order chi connectivity index (χ0) is 12.1. The van der Waals surface area contributed by atoms with Crippen LogP contribution in [0, 0.1) is 0 Å². The number of rotatable bonds is 4. The van der Waals surface area contributed by atoms with Gasteiger partial charge in [0.1, 0.15) is 0 Å². The molecule has 2 aromatic rings. The van der Waals surface area contributed by atoms with E-state index in [0.717, 1.165) is 5.56 Å². The number of alkyl halides is 1. The zero-order valence-electron chi connectivity index (χ0n) is 8.89. The first-order valence-corrected chi connectivity index (χ1v) is 6.14. The topological polar surface area (TPSA) is 68.0 Å². The molecule has 0 atom stereocenters. The van der Waals surface area contributed by atoms with Gasteiger partial charge in [-0.2, -0.15) is 0 Å². The van der Waals surface area contributed by atoms with Crippen LogP contribution in [0.1, 0.15) is 6.42 Å². The van der Waals surface area contributed by atoms with Gasteiger partial charge in [0.2, 0.25) is 18.2 Å². The molecule has 0 aliphatic heterocycles. The number of carbonyl (C=O) groups is 1. The Morgan fingerprint density at radius 3 is 3.06 bits per heavy atom. The van der Waals surface area contributed by atoms with Crippen LogP contribution in [-0.2, 0) is 4.79 Å². The fourth-order valence-electron chi connectivity index (χ4n) is 1.34. The Kier molecular flexibility index (Phi) is 3.87. The first-order valence-electron chi connectivity index (χ1n) is 5.02. The van der Waals surface area contributed by atoms with Gasteiger partial charge in [-0.05, 0) is 18.2 Å². The predicted molar refractivity (Wildman–Crippen MR) is 66.8 cm³/mol.